The van der Waals surface area contributed by atoms with Crippen molar-refractivity contribution in [1.82, 2.24) is 0 Å². The van der Waals surface area contributed by atoms with Gasteiger partial charge in [-0.3, -0.25) is 4.79 Å². The highest BCUT2D eigenvalue weighted by atomic mass is 16.6. The normalized spacial score (nSPS) is 22.0. The molecule has 2 unspecified atom stereocenters. The summed E-state index contributed by atoms with van der Waals surface area (Å²) in [7, 11) is 0. The quantitative estimate of drug-likeness (QED) is 0.392. The Balaban J connectivity index is 1.70. The summed E-state index contributed by atoms with van der Waals surface area (Å²) < 4.78 is 27.2. The molecule has 2 fully saturated rings. The van der Waals surface area contributed by atoms with Crippen LogP contribution in [-0.2, 0) is 14.3 Å². The summed E-state index contributed by atoms with van der Waals surface area (Å²) in [6.07, 6.45) is 1.00. The summed E-state index contributed by atoms with van der Waals surface area (Å²) in [4.78, 5) is 12.3. The molecule has 6 heteroatoms. The second kappa shape index (κ2) is 6.99. The lowest BCUT2D eigenvalue weighted by Crippen LogP contribution is -2.28. The Hall–Kier alpha value is -1.79. The second-order valence-electron chi connectivity index (χ2n) is 6.80. The zero-order valence-electron chi connectivity index (χ0n) is 14.4. The second-order valence-corrected chi connectivity index (χ2v) is 6.80. The molecule has 2 atom stereocenters. The number of esters is 1. The molecular formula is C18H24O6. The number of carbonyl (C=O) groups excluding carboxylic acids is 1. The average molecular weight is 336 g/mol. The van der Waals surface area contributed by atoms with Gasteiger partial charge in [-0.05, 0) is 20.3 Å². The molecule has 3 rings (SSSR count). The van der Waals surface area contributed by atoms with Crippen LogP contribution in [0.2, 0.25) is 0 Å². The molecule has 6 nitrogen and oxygen atoms in total. The number of ether oxygens (including phenoxy) is 5. The predicted octanol–water partition coefficient (Wildman–Crippen LogP) is 2.58. The molecule has 0 saturated carbocycles. The van der Waals surface area contributed by atoms with E-state index < -0.39 is 5.41 Å². The van der Waals surface area contributed by atoms with Crippen LogP contribution in [0.25, 0.3) is 0 Å². The van der Waals surface area contributed by atoms with E-state index in [0.717, 1.165) is 13.2 Å². The molecule has 0 aromatic heterocycles. The SMILES string of the molecule is CCC(C)(C)C(=O)Oc1cc(OCC2CO2)cc(OCC2CO2)c1. The first kappa shape index (κ1) is 17.0. The molecule has 1 aromatic rings. The Labute approximate surface area is 142 Å². The lowest BCUT2D eigenvalue weighted by molar-refractivity contribution is -0.144. The van der Waals surface area contributed by atoms with Crippen molar-refractivity contribution in [1.29, 1.82) is 0 Å². The number of hydrogen-bond acceptors (Lipinski definition) is 6. The first-order chi connectivity index (χ1) is 11.5. The summed E-state index contributed by atoms with van der Waals surface area (Å²) in [6, 6.07) is 5.19. The number of carbonyl (C=O) groups is 1. The van der Waals surface area contributed by atoms with Gasteiger partial charge in [-0.1, -0.05) is 6.92 Å². The molecule has 0 N–H and O–H groups in total. The third kappa shape index (κ3) is 4.85. The van der Waals surface area contributed by atoms with Crippen molar-refractivity contribution < 1.29 is 28.5 Å². The first-order valence-corrected chi connectivity index (χ1v) is 8.32. The van der Waals surface area contributed by atoms with Gasteiger partial charge >= 0.3 is 5.97 Å². The van der Waals surface area contributed by atoms with Crippen LogP contribution < -0.4 is 14.2 Å². The Morgan fingerprint density at radius 2 is 1.50 bits per heavy atom. The highest BCUT2D eigenvalue weighted by molar-refractivity contribution is 5.78. The van der Waals surface area contributed by atoms with Gasteiger partial charge in [0.2, 0.25) is 0 Å². The highest BCUT2D eigenvalue weighted by Gasteiger charge is 2.28. The minimum absolute atomic E-state index is 0.152. The lowest BCUT2D eigenvalue weighted by Gasteiger charge is -2.20. The highest BCUT2D eigenvalue weighted by Crippen LogP contribution is 2.31. The first-order valence-electron chi connectivity index (χ1n) is 8.32. The molecule has 24 heavy (non-hydrogen) atoms. The van der Waals surface area contributed by atoms with Crippen LogP contribution in [-0.4, -0.2) is 44.6 Å². The van der Waals surface area contributed by atoms with Crippen LogP contribution in [0.1, 0.15) is 27.2 Å². The Morgan fingerprint density at radius 3 is 1.92 bits per heavy atom. The van der Waals surface area contributed by atoms with E-state index in [1.54, 1.807) is 18.2 Å². The molecule has 2 aliphatic rings. The van der Waals surface area contributed by atoms with Crippen LogP contribution in [0.4, 0.5) is 0 Å². The monoisotopic (exact) mass is 336 g/mol. The minimum Gasteiger partial charge on any atom is -0.491 e. The van der Waals surface area contributed by atoms with Gasteiger partial charge in [-0.25, -0.2) is 0 Å². The predicted molar refractivity (Wildman–Crippen MR) is 86.6 cm³/mol. The molecule has 0 spiro atoms. The molecule has 0 radical (unpaired) electrons. The van der Waals surface area contributed by atoms with E-state index in [4.69, 9.17) is 23.7 Å². The third-order valence-electron chi connectivity index (χ3n) is 4.18. The maximum absolute atomic E-state index is 12.3. The van der Waals surface area contributed by atoms with E-state index >= 15 is 0 Å². The van der Waals surface area contributed by atoms with Crippen molar-refractivity contribution in [3.8, 4) is 17.2 Å². The molecule has 0 aliphatic carbocycles. The fourth-order valence-electron chi connectivity index (χ4n) is 1.87. The summed E-state index contributed by atoms with van der Waals surface area (Å²) in [5, 5.41) is 0. The molecule has 2 aliphatic heterocycles. The van der Waals surface area contributed by atoms with Crippen LogP contribution >= 0.6 is 0 Å². The zero-order chi connectivity index (χ0) is 17.2. The van der Waals surface area contributed by atoms with Crippen molar-refractivity contribution in [3.05, 3.63) is 18.2 Å². The van der Waals surface area contributed by atoms with E-state index in [-0.39, 0.29) is 18.2 Å². The molecule has 132 valence electrons. The van der Waals surface area contributed by atoms with E-state index in [1.807, 2.05) is 20.8 Å². The average Bonchev–Trinajstić information content (AvgIpc) is 3.45. The number of epoxide rings is 2. The standard InChI is InChI=1S/C18H24O6/c1-4-18(2,3)17(19)24-14-6-12(20-8-15-10-22-15)5-13(7-14)21-9-16-11-23-16/h5-7,15-16H,4,8-11H2,1-3H3. The van der Waals surface area contributed by atoms with Crippen molar-refractivity contribution >= 4 is 5.97 Å². The number of hydrogen-bond donors (Lipinski definition) is 0. The lowest BCUT2D eigenvalue weighted by atomic mass is 9.91. The van der Waals surface area contributed by atoms with Crippen LogP contribution in [0.3, 0.4) is 0 Å². The summed E-state index contributed by atoms with van der Waals surface area (Å²) >= 11 is 0. The Kier molecular flexibility index (Phi) is 4.96. The molecule has 1 aromatic carbocycles. The van der Waals surface area contributed by atoms with Crippen LogP contribution in [0, 0.1) is 5.41 Å². The maximum atomic E-state index is 12.3. The molecular weight excluding hydrogens is 312 g/mol. The molecule has 2 saturated heterocycles. The van der Waals surface area contributed by atoms with Gasteiger partial charge in [-0.2, -0.15) is 0 Å². The summed E-state index contributed by atoms with van der Waals surface area (Å²) in [5.41, 5.74) is -0.540. The Morgan fingerprint density at radius 1 is 1.04 bits per heavy atom. The van der Waals surface area contributed by atoms with Crippen molar-refractivity contribution in [2.24, 2.45) is 5.41 Å². The van der Waals surface area contributed by atoms with Gasteiger partial charge in [0.25, 0.3) is 0 Å². The van der Waals surface area contributed by atoms with Crippen molar-refractivity contribution in [3.63, 3.8) is 0 Å². The zero-order valence-corrected chi connectivity index (χ0v) is 14.4. The summed E-state index contributed by atoms with van der Waals surface area (Å²) in [5.74, 6) is 1.33. The van der Waals surface area contributed by atoms with Crippen molar-refractivity contribution in [2.45, 2.75) is 39.4 Å². The molecule has 2 heterocycles. The largest absolute Gasteiger partial charge is 0.491 e. The van der Waals surface area contributed by atoms with Gasteiger partial charge in [0.15, 0.2) is 0 Å². The van der Waals surface area contributed by atoms with Gasteiger partial charge in [0.05, 0.1) is 18.6 Å². The van der Waals surface area contributed by atoms with Crippen molar-refractivity contribution in [2.75, 3.05) is 26.4 Å². The van der Waals surface area contributed by atoms with Crippen LogP contribution in [0.15, 0.2) is 18.2 Å². The van der Waals surface area contributed by atoms with Gasteiger partial charge in [-0.15, -0.1) is 0 Å². The van der Waals surface area contributed by atoms with Gasteiger partial charge in [0, 0.05) is 18.2 Å². The number of rotatable bonds is 9. The molecule has 0 amide bonds. The van der Waals surface area contributed by atoms with Crippen LogP contribution in [0.5, 0.6) is 17.2 Å². The minimum atomic E-state index is -0.540. The summed E-state index contributed by atoms with van der Waals surface area (Å²) in [6.45, 7) is 8.08. The van der Waals surface area contributed by atoms with E-state index in [2.05, 4.69) is 0 Å². The Bertz CT molecular complexity index is 555. The number of benzene rings is 1. The van der Waals surface area contributed by atoms with Gasteiger partial charge < -0.3 is 23.7 Å². The molecule has 0 bridgehead atoms. The smallest absolute Gasteiger partial charge is 0.316 e. The topological polar surface area (TPSA) is 69.8 Å². The third-order valence-corrected chi connectivity index (χ3v) is 4.18. The van der Waals surface area contributed by atoms with E-state index in [9.17, 15) is 4.79 Å². The maximum Gasteiger partial charge on any atom is 0.316 e. The fourth-order valence-corrected chi connectivity index (χ4v) is 1.87. The van der Waals surface area contributed by atoms with Gasteiger partial charge in [0.1, 0.15) is 42.7 Å². The fraction of sp³-hybridized carbons (Fsp3) is 0.611. The van der Waals surface area contributed by atoms with E-state index in [0.29, 0.717) is 36.9 Å². The van der Waals surface area contributed by atoms with E-state index in [1.165, 1.54) is 0 Å².